The smallest absolute Gasteiger partial charge is 0.254 e. The zero-order valence-corrected chi connectivity index (χ0v) is 14.7. The first-order valence-corrected chi connectivity index (χ1v) is 8.95. The Morgan fingerprint density at radius 2 is 1.96 bits per heavy atom. The van der Waals surface area contributed by atoms with Crippen LogP contribution in [0.2, 0.25) is 0 Å². The Morgan fingerprint density at radius 1 is 1.19 bits per heavy atom. The van der Waals surface area contributed by atoms with Crippen molar-refractivity contribution in [1.29, 1.82) is 0 Å². The summed E-state index contributed by atoms with van der Waals surface area (Å²) in [5.74, 6) is 1.89. The van der Waals surface area contributed by atoms with Crippen molar-refractivity contribution in [2.24, 2.45) is 0 Å². The molecule has 1 aromatic carbocycles. The first-order valence-electron chi connectivity index (χ1n) is 8.95. The highest BCUT2D eigenvalue weighted by molar-refractivity contribution is 5.94. The highest BCUT2D eigenvalue weighted by Gasteiger charge is 2.28. The summed E-state index contributed by atoms with van der Waals surface area (Å²) in [4.78, 5) is 19.3. The van der Waals surface area contributed by atoms with E-state index in [0.29, 0.717) is 23.8 Å². The van der Waals surface area contributed by atoms with Gasteiger partial charge in [0.25, 0.3) is 5.91 Å². The van der Waals surface area contributed by atoms with Gasteiger partial charge >= 0.3 is 0 Å². The summed E-state index contributed by atoms with van der Waals surface area (Å²) in [6.07, 6.45) is 6.08. The summed E-state index contributed by atoms with van der Waals surface area (Å²) in [5.41, 5.74) is 1.49. The third kappa shape index (κ3) is 3.40. The number of furan rings is 1. The monoisotopic (exact) mass is 351 g/mol. The standard InChI is InChI=1S/C20H21N3O3/c1-14-21-19(22-26-14)15-8-10-16(11-9-15)20(24)23(17-5-2-3-6-17)13-18-7-4-12-25-18/h4,7-12,17H,2-3,5-6,13H2,1H3. The van der Waals surface area contributed by atoms with Crippen LogP contribution in [-0.2, 0) is 6.54 Å². The third-order valence-corrected chi connectivity index (χ3v) is 4.85. The zero-order valence-electron chi connectivity index (χ0n) is 14.7. The van der Waals surface area contributed by atoms with Gasteiger partial charge in [-0.15, -0.1) is 0 Å². The lowest BCUT2D eigenvalue weighted by Crippen LogP contribution is -2.38. The van der Waals surface area contributed by atoms with Crippen LogP contribution in [0.5, 0.6) is 0 Å². The normalized spacial score (nSPS) is 14.7. The molecule has 134 valence electrons. The molecule has 26 heavy (non-hydrogen) atoms. The van der Waals surface area contributed by atoms with Crippen molar-refractivity contribution in [3.63, 3.8) is 0 Å². The van der Waals surface area contributed by atoms with Crippen molar-refractivity contribution in [3.8, 4) is 11.4 Å². The van der Waals surface area contributed by atoms with Crippen molar-refractivity contribution in [2.75, 3.05) is 0 Å². The summed E-state index contributed by atoms with van der Waals surface area (Å²) in [6, 6.07) is 11.4. The number of aromatic nitrogens is 2. The fraction of sp³-hybridized carbons (Fsp3) is 0.350. The number of amides is 1. The van der Waals surface area contributed by atoms with E-state index in [1.807, 2.05) is 41.3 Å². The molecule has 0 saturated heterocycles. The second kappa shape index (κ2) is 7.15. The summed E-state index contributed by atoms with van der Waals surface area (Å²) in [6.45, 7) is 2.25. The van der Waals surface area contributed by atoms with Gasteiger partial charge in [0.15, 0.2) is 0 Å². The summed E-state index contributed by atoms with van der Waals surface area (Å²) in [5, 5.41) is 3.91. The van der Waals surface area contributed by atoms with Gasteiger partial charge in [0.2, 0.25) is 11.7 Å². The van der Waals surface area contributed by atoms with Crippen molar-refractivity contribution in [3.05, 3.63) is 59.9 Å². The topological polar surface area (TPSA) is 72.4 Å². The third-order valence-electron chi connectivity index (χ3n) is 4.85. The molecule has 0 radical (unpaired) electrons. The van der Waals surface area contributed by atoms with Gasteiger partial charge in [0, 0.05) is 24.1 Å². The number of benzene rings is 1. The van der Waals surface area contributed by atoms with Gasteiger partial charge < -0.3 is 13.8 Å². The molecule has 1 fully saturated rings. The van der Waals surface area contributed by atoms with Gasteiger partial charge in [-0.05, 0) is 37.1 Å². The molecule has 6 heteroatoms. The molecule has 0 N–H and O–H groups in total. The van der Waals surface area contributed by atoms with Crippen LogP contribution in [0, 0.1) is 6.92 Å². The molecule has 2 heterocycles. The molecule has 0 unspecified atom stereocenters. The zero-order chi connectivity index (χ0) is 17.9. The Balaban J connectivity index is 1.56. The van der Waals surface area contributed by atoms with Gasteiger partial charge in [-0.1, -0.05) is 30.1 Å². The lowest BCUT2D eigenvalue weighted by atomic mass is 10.1. The molecule has 3 aromatic rings. The van der Waals surface area contributed by atoms with Crippen LogP contribution in [0.4, 0.5) is 0 Å². The molecule has 0 bridgehead atoms. The van der Waals surface area contributed by atoms with Crippen LogP contribution in [0.25, 0.3) is 11.4 Å². The fourth-order valence-electron chi connectivity index (χ4n) is 3.50. The number of carbonyl (C=O) groups is 1. The number of nitrogens with zero attached hydrogens (tertiary/aromatic N) is 3. The van der Waals surface area contributed by atoms with Crippen molar-refractivity contribution in [2.45, 2.75) is 45.2 Å². The maximum absolute atomic E-state index is 13.1. The Morgan fingerprint density at radius 3 is 2.58 bits per heavy atom. The summed E-state index contributed by atoms with van der Waals surface area (Å²) in [7, 11) is 0. The van der Waals surface area contributed by atoms with Crippen LogP contribution < -0.4 is 0 Å². The minimum Gasteiger partial charge on any atom is -0.467 e. The fourth-order valence-corrected chi connectivity index (χ4v) is 3.50. The van der Waals surface area contributed by atoms with Crippen LogP contribution in [0.1, 0.15) is 47.7 Å². The van der Waals surface area contributed by atoms with E-state index in [1.54, 1.807) is 13.2 Å². The molecule has 2 aromatic heterocycles. The van der Waals surface area contributed by atoms with E-state index < -0.39 is 0 Å². The molecule has 0 aliphatic heterocycles. The summed E-state index contributed by atoms with van der Waals surface area (Å²) >= 11 is 0. The minimum absolute atomic E-state index is 0.0316. The second-order valence-electron chi connectivity index (χ2n) is 6.67. The summed E-state index contributed by atoms with van der Waals surface area (Å²) < 4.78 is 10.5. The predicted octanol–water partition coefficient (Wildman–Crippen LogP) is 4.22. The van der Waals surface area contributed by atoms with E-state index in [4.69, 9.17) is 8.94 Å². The van der Waals surface area contributed by atoms with E-state index in [9.17, 15) is 4.79 Å². The highest BCUT2D eigenvalue weighted by atomic mass is 16.5. The van der Waals surface area contributed by atoms with Crippen LogP contribution in [-0.4, -0.2) is 27.0 Å². The lowest BCUT2D eigenvalue weighted by Gasteiger charge is -2.28. The van der Waals surface area contributed by atoms with Gasteiger partial charge in [-0.25, -0.2) is 0 Å². The Hall–Kier alpha value is -2.89. The SMILES string of the molecule is Cc1nc(-c2ccc(C(=O)N(Cc3ccco3)C3CCCC3)cc2)no1. The van der Waals surface area contributed by atoms with E-state index in [0.717, 1.165) is 24.2 Å². The van der Waals surface area contributed by atoms with E-state index in [1.165, 1.54) is 12.8 Å². The molecular formula is C20H21N3O3. The van der Waals surface area contributed by atoms with Crippen LogP contribution in [0.3, 0.4) is 0 Å². The average molecular weight is 351 g/mol. The Bertz CT molecular complexity index is 862. The number of hydrogen-bond acceptors (Lipinski definition) is 5. The molecular weight excluding hydrogens is 330 g/mol. The molecule has 1 amide bonds. The van der Waals surface area contributed by atoms with E-state index in [2.05, 4.69) is 10.1 Å². The maximum atomic E-state index is 13.1. The molecule has 1 saturated carbocycles. The van der Waals surface area contributed by atoms with Gasteiger partial charge in [-0.2, -0.15) is 4.98 Å². The minimum atomic E-state index is 0.0316. The van der Waals surface area contributed by atoms with E-state index in [-0.39, 0.29) is 11.9 Å². The average Bonchev–Trinajstić information content (AvgIpc) is 3.42. The lowest BCUT2D eigenvalue weighted by molar-refractivity contribution is 0.0649. The van der Waals surface area contributed by atoms with Crippen molar-refractivity contribution < 1.29 is 13.7 Å². The molecule has 1 aliphatic carbocycles. The molecule has 4 rings (SSSR count). The number of aryl methyl sites for hydroxylation is 1. The molecule has 0 spiro atoms. The Kier molecular flexibility index (Phi) is 4.56. The van der Waals surface area contributed by atoms with E-state index >= 15 is 0 Å². The van der Waals surface area contributed by atoms with Gasteiger partial charge in [-0.3, -0.25) is 4.79 Å². The molecule has 0 atom stereocenters. The van der Waals surface area contributed by atoms with Crippen LogP contribution >= 0.6 is 0 Å². The number of carbonyl (C=O) groups excluding carboxylic acids is 1. The van der Waals surface area contributed by atoms with Crippen molar-refractivity contribution in [1.82, 2.24) is 15.0 Å². The first-order chi connectivity index (χ1) is 12.7. The highest BCUT2D eigenvalue weighted by Crippen LogP contribution is 2.27. The molecule has 1 aliphatic rings. The van der Waals surface area contributed by atoms with Gasteiger partial charge in [0.05, 0.1) is 12.8 Å². The molecule has 6 nitrogen and oxygen atoms in total. The number of rotatable bonds is 5. The quantitative estimate of drug-likeness (QED) is 0.688. The van der Waals surface area contributed by atoms with Crippen molar-refractivity contribution >= 4 is 5.91 Å². The predicted molar refractivity (Wildman–Crippen MR) is 95.3 cm³/mol. The number of hydrogen-bond donors (Lipinski definition) is 0. The van der Waals surface area contributed by atoms with Crippen LogP contribution in [0.15, 0.2) is 51.6 Å². The Labute approximate surface area is 151 Å². The largest absolute Gasteiger partial charge is 0.467 e. The first kappa shape index (κ1) is 16.6. The maximum Gasteiger partial charge on any atom is 0.254 e. The second-order valence-corrected chi connectivity index (χ2v) is 6.67. The van der Waals surface area contributed by atoms with Gasteiger partial charge in [0.1, 0.15) is 5.76 Å².